The van der Waals surface area contributed by atoms with E-state index in [1.807, 2.05) is 0 Å². The molecule has 1 heterocycles. The van der Waals surface area contributed by atoms with Crippen LogP contribution in [0.2, 0.25) is 0 Å². The summed E-state index contributed by atoms with van der Waals surface area (Å²) in [4.78, 5) is 2.46. The quantitative estimate of drug-likeness (QED) is 0.398. The minimum absolute atomic E-state index is 0.344. The lowest BCUT2D eigenvalue weighted by molar-refractivity contribution is 0.282. The first-order chi connectivity index (χ1) is 11.9. The van der Waals surface area contributed by atoms with Crippen LogP contribution in [0, 0.1) is 0 Å². The zero-order valence-electron chi connectivity index (χ0n) is 15.6. The molecule has 3 nitrogen and oxygen atoms in total. The first-order valence-electron chi connectivity index (χ1n) is 10.2. The van der Waals surface area contributed by atoms with Crippen molar-refractivity contribution in [1.82, 2.24) is 4.90 Å². The minimum Gasteiger partial charge on any atom is -0.396 e. The van der Waals surface area contributed by atoms with E-state index in [1.54, 1.807) is 5.57 Å². The summed E-state index contributed by atoms with van der Waals surface area (Å²) in [6.45, 7) is 2.98. The van der Waals surface area contributed by atoms with Crippen molar-refractivity contribution < 1.29 is 10.2 Å². The van der Waals surface area contributed by atoms with Crippen molar-refractivity contribution in [2.45, 2.75) is 83.5 Å². The Kier molecular flexibility index (Phi) is 13.9. The van der Waals surface area contributed by atoms with E-state index in [0.717, 1.165) is 19.4 Å². The number of hydrogen-bond donors (Lipinski definition) is 2. The van der Waals surface area contributed by atoms with Crippen LogP contribution >= 0.6 is 0 Å². The Bertz CT molecular complexity index is 339. The highest BCUT2D eigenvalue weighted by molar-refractivity contribution is 5.18. The lowest BCUT2D eigenvalue weighted by Gasteiger charge is -2.24. The van der Waals surface area contributed by atoms with E-state index in [9.17, 15) is 0 Å². The Morgan fingerprint density at radius 3 is 1.88 bits per heavy atom. The van der Waals surface area contributed by atoms with Crippen molar-refractivity contribution >= 4 is 0 Å². The van der Waals surface area contributed by atoms with E-state index in [0.29, 0.717) is 13.2 Å². The van der Waals surface area contributed by atoms with E-state index >= 15 is 0 Å². The lowest BCUT2D eigenvalue weighted by atomic mass is 10.0. The van der Waals surface area contributed by atoms with Crippen LogP contribution in [-0.4, -0.2) is 41.4 Å². The van der Waals surface area contributed by atoms with Gasteiger partial charge < -0.3 is 15.1 Å². The molecule has 0 radical (unpaired) electrons. The van der Waals surface area contributed by atoms with Gasteiger partial charge in [0.2, 0.25) is 0 Å². The van der Waals surface area contributed by atoms with Gasteiger partial charge in [0.25, 0.3) is 0 Å². The summed E-state index contributed by atoms with van der Waals surface area (Å²) in [5.41, 5.74) is 1.58. The molecular weight excluding hydrogens is 298 g/mol. The highest BCUT2D eigenvalue weighted by Gasteiger charge is 2.07. The molecule has 0 amide bonds. The predicted octanol–water partition coefficient (Wildman–Crippen LogP) is 4.80. The number of nitrogens with zero attached hydrogens (tertiary/aromatic N) is 1. The van der Waals surface area contributed by atoms with Gasteiger partial charge in [-0.05, 0) is 44.4 Å². The molecule has 0 bridgehead atoms. The zero-order valence-corrected chi connectivity index (χ0v) is 15.6. The van der Waals surface area contributed by atoms with E-state index in [2.05, 4.69) is 23.3 Å². The van der Waals surface area contributed by atoms with Crippen LogP contribution in [0.15, 0.2) is 23.9 Å². The van der Waals surface area contributed by atoms with Crippen molar-refractivity contribution in [3.05, 3.63) is 23.9 Å². The summed E-state index contributed by atoms with van der Waals surface area (Å²) in [6, 6.07) is 0. The first kappa shape index (κ1) is 21.2. The zero-order chi connectivity index (χ0) is 17.3. The van der Waals surface area contributed by atoms with Crippen molar-refractivity contribution in [3.63, 3.8) is 0 Å². The van der Waals surface area contributed by atoms with Crippen molar-refractivity contribution in [2.75, 3.05) is 26.3 Å². The third-order valence-electron chi connectivity index (χ3n) is 4.79. The molecule has 0 atom stereocenters. The van der Waals surface area contributed by atoms with Gasteiger partial charge in [0.15, 0.2) is 0 Å². The van der Waals surface area contributed by atoms with Gasteiger partial charge in [-0.3, -0.25) is 0 Å². The van der Waals surface area contributed by atoms with Crippen LogP contribution in [-0.2, 0) is 0 Å². The molecule has 0 fully saturated rings. The number of rotatable bonds is 16. The minimum atomic E-state index is 0.344. The molecule has 0 unspecified atom stereocenters. The van der Waals surface area contributed by atoms with Crippen molar-refractivity contribution in [2.24, 2.45) is 0 Å². The van der Waals surface area contributed by atoms with Crippen molar-refractivity contribution in [3.8, 4) is 0 Å². The third kappa shape index (κ3) is 11.7. The van der Waals surface area contributed by atoms with Crippen molar-refractivity contribution in [1.29, 1.82) is 0 Å². The number of hydrogen-bond acceptors (Lipinski definition) is 3. The summed E-state index contributed by atoms with van der Waals surface area (Å²) in [6.07, 6.45) is 22.6. The predicted molar refractivity (Wildman–Crippen MR) is 103 cm³/mol. The SMILES string of the molecule is OCCCCCCCCC1=CC=CN(CCCCCCCCO)C1. The fraction of sp³-hybridized carbons (Fsp3) is 0.810. The molecule has 140 valence electrons. The van der Waals surface area contributed by atoms with Crippen LogP contribution in [0.1, 0.15) is 83.5 Å². The summed E-state index contributed by atoms with van der Waals surface area (Å²) >= 11 is 0. The monoisotopic (exact) mass is 337 g/mol. The molecule has 24 heavy (non-hydrogen) atoms. The number of unbranched alkanes of at least 4 members (excludes halogenated alkanes) is 10. The molecule has 0 aromatic carbocycles. The fourth-order valence-electron chi connectivity index (χ4n) is 3.29. The normalized spacial score (nSPS) is 14.2. The van der Waals surface area contributed by atoms with Gasteiger partial charge in [-0.2, -0.15) is 0 Å². The molecule has 0 aromatic rings. The van der Waals surface area contributed by atoms with Crippen LogP contribution in [0.25, 0.3) is 0 Å². The van der Waals surface area contributed by atoms with Gasteiger partial charge in [0.05, 0.1) is 0 Å². The molecule has 0 aliphatic carbocycles. The molecule has 1 aliphatic rings. The van der Waals surface area contributed by atoms with Crippen LogP contribution in [0.4, 0.5) is 0 Å². The maximum Gasteiger partial charge on any atom is 0.0431 e. The second-order valence-electron chi connectivity index (χ2n) is 7.08. The lowest BCUT2D eigenvalue weighted by Crippen LogP contribution is -2.23. The maximum absolute atomic E-state index is 8.76. The average Bonchev–Trinajstić information content (AvgIpc) is 2.60. The highest BCUT2D eigenvalue weighted by Crippen LogP contribution is 2.17. The summed E-state index contributed by atoms with van der Waals surface area (Å²) in [7, 11) is 0. The molecular formula is C21H39NO2. The van der Waals surface area contributed by atoms with Gasteiger partial charge in [-0.15, -0.1) is 0 Å². The van der Waals surface area contributed by atoms with Gasteiger partial charge in [-0.1, -0.05) is 63.0 Å². The summed E-state index contributed by atoms with van der Waals surface area (Å²) in [5.74, 6) is 0. The molecule has 1 aliphatic heterocycles. The molecule has 0 aromatic heterocycles. The number of aliphatic hydroxyl groups excluding tert-OH is 2. The van der Waals surface area contributed by atoms with Gasteiger partial charge >= 0.3 is 0 Å². The molecule has 0 spiro atoms. The summed E-state index contributed by atoms with van der Waals surface area (Å²) < 4.78 is 0. The Hall–Kier alpha value is -0.800. The second kappa shape index (κ2) is 15.7. The van der Waals surface area contributed by atoms with Crippen LogP contribution in [0.3, 0.4) is 0 Å². The van der Waals surface area contributed by atoms with E-state index in [1.165, 1.54) is 77.2 Å². The first-order valence-corrected chi connectivity index (χ1v) is 10.2. The van der Waals surface area contributed by atoms with E-state index in [-0.39, 0.29) is 0 Å². The average molecular weight is 338 g/mol. The number of allylic oxidation sites excluding steroid dienone is 2. The molecule has 1 rings (SSSR count). The maximum atomic E-state index is 8.76. The smallest absolute Gasteiger partial charge is 0.0431 e. The largest absolute Gasteiger partial charge is 0.396 e. The van der Waals surface area contributed by atoms with E-state index in [4.69, 9.17) is 10.2 Å². The number of aliphatic hydroxyl groups is 2. The second-order valence-corrected chi connectivity index (χ2v) is 7.08. The molecule has 0 saturated heterocycles. The molecule has 3 heteroatoms. The van der Waals surface area contributed by atoms with Crippen LogP contribution < -0.4 is 0 Å². The van der Waals surface area contributed by atoms with Gasteiger partial charge in [-0.25, -0.2) is 0 Å². The van der Waals surface area contributed by atoms with Gasteiger partial charge in [0.1, 0.15) is 0 Å². The van der Waals surface area contributed by atoms with Crippen LogP contribution in [0.5, 0.6) is 0 Å². The van der Waals surface area contributed by atoms with E-state index < -0.39 is 0 Å². The topological polar surface area (TPSA) is 43.7 Å². The van der Waals surface area contributed by atoms with Gasteiger partial charge in [0, 0.05) is 26.3 Å². The highest BCUT2D eigenvalue weighted by atomic mass is 16.3. The molecule has 0 saturated carbocycles. The fourth-order valence-corrected chi connectivity index (χ4v) is 3.29. The third-order valence-corrected chi connectivity index (χ3v) is 4.79. The Balaban J connectivity index is 1.97. The Morgan fingerprint density at radius 2 is 1.25 bits per heavy atom. The Morgan fingerprint density at radius 1 is 0.708 bits per heavy atom. The molecule has 2 N–H and O–H groups in total. The Labute approximate surface area is 149 Å². The standard InChI is InChI=1S/C21H39NO2/c23-18-11-7-3-1-5-9-14-21-15-13-17-22(20-21)16-10-6-2-4-8-12-19-24/h13,15,17,23-24H,1-12,14,16,18-20H2. The summed E-state index contributed by atoms with van der Waals surface area (Å²) in [5, 5.41) is 17.5.